The van der Waals surface area contributed by atoms with Crippen LogP contribution in [-0.2, 0) is 10.3 Å². The van der Waals surface area contributed by atoms with Gasteiger partial charge in [-0.05, 0) is 37.5 Å². The second-order valence-electron chi connectivity index (χ2n) is 5.55. The second kappa shape index (κ2) is 5.51. The average Bonchev–Trinajstić information content (AvgIpc) is 2.37. The summed E-state index contributed by atoms with van der Waals surface area (Å²) in [7, 11) is 1.66. The van der Waals surface area contributed by atoms with Crippen molar-refractivity contribution >= 4 is 0 Å². The van der Waals surface area contributed by atoms with E-state index in [0.717, 1.165) is 28.9 Å². The van der Waals surface area contributed by atoms with Gasteiger partial charge < -0.3 is 14.6 Å². The normalized spacial score (nSPS) is 27.3. The molecule has 2 rings (SSSR count). The number of hydrogen-bond acceptors (Lipinski definition) is 3. The first-order valence-electron chi connectivity index (χ1n) is 7.00. The van der Waals surface area contributed by atoms with Crippen molar-refractivity contribution in [3.8, 4) is 5.75 Å². The molecule has 0 aliphatic carbocycles. The lowest BCUT2D eigenvalue weighted by Gasteiger charge is -2.38. The molecular weight excluding hydrogens is 240 g/mol. The maximum absolute atomic E-state index is 11.1. The van der Waals surface area contributed by atoms with Crippen LogP contribution in [0.1, 0.15) is 42.9 Å². The summed E-state index contributed by atoms with van der Waals surface area (Å²) in [6.45, 7) is 6.78. The zero-order valence-electron chi connectivity index (χ0n) is 12.3. The van der Waals surface area contributed by atoms with Crippen molar-refractivity contribution in [1.29, 1.82) is 0 Å². The van der Waals surface area contributed by atoms with Crippen LogP contribution in [0.15, 0.2) is 12.1 Å². The van der Waals surface area contributed by atoms with Gasteiger partial charge in [-0.1, -0.05) is 13.0 Å². The van der Waals surface area contributed by atoms with Gasteiger partial charge in [-0.2, -0.15) is 0 Å². The van der Waals surface area contributed by atoms with Gasteiger partial charge in [-0.3, -0.25) is 0 Å². The molecule has 0 amide bonds. The first kappa shape index (κ1) is 14.4. The fourth-order valence-corrected chi connectivity index (χ4v) is 3.11. The van der Waals surface area contributed by atoms with Gasteiger partial charge in [-0.15, -0.1) is 0 Å². The van der Waals surface area contributed by atoms with Gasteiger partial charge in [0.25, 0.3) is 0 Å². The van der Waals surface area contributed by atoms with Gasteiger partial charge in [0, 0.05) is 18.4 Å². The zero-order valence-corrected chi connectivity index (χ0v) is 12.3. The molecule has 19 heavy (non-hydrogen) atoms. The van der Waals surface area contributed by atoms with Crippen molar-refractivity contribution in [1.82, 2.24) is 0 Å². The summed E-state index contributed by atoms with van der Waals surface area (Å²) in [5.41, 5.74) is 2.35. The van der Waals surface area contributed by atoms with Crippen molar-refractivity contribution in [2.24, 2.45) is 0 Å². The van der Waals surface area contributed by atoms with Gasteiger partial charge in [0.1, 0.15) is 5.75 Å². The molecule has 0 spiro atoms. The van der Waals surface area contributed by atoms with Crippen LogP contribution >= 0.6 is 0 Å². The zero-order chi connectivity index (χ0) is 14.0. The predicted octanol–water partition coefficient (Wildman–Crippen LogP) is 3.09. The van der Waals surface area contributed by atoms with Crippen LogP contribution in [0.4, 0.5) is 0 Å². The molecule has 1 aromatic carbocycles. The lowest BCUT2D eigenvalue weighted by molar-refractivity contribution is -0.109. The highest BCUT2D eigenvalue weighted by atomic mass is 16.5. The van der Waals surface area contributed by atoms with E-state index in [9.17, 15) is 5.11 Å². The number of rotatable bonds is 3. The van der Waals surface area contributed by atoms with Crippen LogP contribution in [0.5, 0.6) is 5.75 Å². The maximum atomic E-state index is 11.1. The molecule has 0 saturated carbocycles. The third-order valence-corrected chi connectivity index (χ3v) is 4.02. The van der Waals surface area contributed by atoms with E-state index in [2.05, 4.69) is 13.0 Å². The molecule has 3 heteroatoms. The molecule has 2 unspecified atom stereocenters. The van der Waals surface area contributed by atoms with Crippen LogP contribution < -0.4 is 4.74 Å². The predicted molar refractivity (Wildman–Crippen MR) is 75.6 cm³/mol. The second-order valence-corrected chi connectivity index (χ2v) is 5.55. The maximum Gasteiger partial charge on any atom is 0.125 e. The number of aliphatic hydroxyl groups is 1. The van der Waals surface area contributed by atoms with Crippen molar-refractivity contribution in [3.05, 3.63) is 28.8 Å². The first-order valence-corrected chi connectivity index (χ1v) is 7.00. The minimum absolute atomic E-state index is 0.129. The Labute approximate surface area is 115 Å². The summed E-state index contributed by atoms with van der Waals surface area (Å²) in [5.74, 6) is 0.789. The molecule has 0 radical (unpaired) electrons. The van der Waals surface area contributed by atoms with Gasteiger partial charge in [0.2, 0.25) is 0 Å². The first-order chi connectivity index (χ1) is 9.00. The Morgan fingerprint density at radius 3 is 2.79 bits per heavy atom. The number of hydrogen-bond donors (Lipinski definition) is 1. The van der Waals surface area contributed by atoms with E-state index in [1.54, 1.807) is 7.11 Å². The molecule has 1 aliphatic heterocycles. The fourth-order valence-electron chi connectivity index (χ4n) is 3.11. The Balaban J connectivity index is 2.44. The van der Waals surface area contributed by atoms with Crippen LogP contribution in [-0.4, -0.2) is 24.9 Å². The van der Waals surface area contributed by atoms with E-state index in [4.69, 9.17) is 9.47 Å². The summed E-state index contributed by atoms with van der Waals surface area (Å²) in [4.78, 5) is 0. The van der Waals surface area contributed by atoms with Crippen molar-refractivity contribution in [3.63, 3.8) is 0 Å². The highest BCUT2D eigenvalue weighted by Gasteiger charge is 2.39. The van der Waals surface area contributed by atoms with Gasteiger partial charge in [0.15, 0.2) is 0 Å². The molecule has 1 N–H and O–H groups in total. The van der Waals surface area contributed by atoms with E-state index < -0.39 is 5.60 Å². The van der Waals surface area contributed by atoms with E-state index in [1.807, 2.05) is 19.9 Å². The Morgan fingerprint density at radius 1 is 1.42 bits per heavy atom. The van der Waals surface area contributed by atoms with Crippen LogP contribution in [0.25, 0.3) is 0 Å². The number of methoxy groups -OCH3 is 1. The van der Waals surface area contributed by atoms with E-state index in [-0.39, 0.29) is 6.10 Å². The Morgan fingerprint density at radius 2 is 2.16 bits per heavy atom. The smallest absolute Gasteiger partial charge is 0.125 e. The summed E-state index contributed by atoms with van der Waals surface area (Å²) in [6.07, 6.45) is 2.33. The summed E-state index contributed by atoms with van der Waals surface area (Å²) >= 11 is 0. The Hall–Kier alpha value is -1.06. The largest absolute Gasteiger partial charge is 0.496 e. The molecule has 2 atom stereocenters. The summed E-state index contributed by atoms with van der Waals surface area (Å²) in [6, 6.07) is 4.10. The fraction of sp³-hybridized carbons (Fsp3) is 0.625. The standard InChI is InChI=1S/C16H24O3/c1-5-13-10-16(17,6-7-19-13)15-12(3)8-11(2)9-14(15)18-4/h8-9,13,17H,5-7,10H2,1-4H3. The highest BCUT2D eigenvalue weighted by Crippen LogP contribution is 2.42. The topological polar surface area (TPSA) is 38.7 Å². The molecule has 1 heterocycles. The minimum Gasteiger partial charge on any atom is -0.496 e. The molecular formula is C16H24O3. The lowest BCUT2D eigenvalue weighted by Crippen LogP contribution is -2.39. The quantitative estimate of drug-likeness (QED) is 0.911. The van der Waals surface area contributed by atoms with Crippen LogP contribution in [0.2, 0.25) is 0 Å². The molecule has 0 aromatic heterocycles. The lowest BCUT2D eigenvalue weighted by atomic mass is 9.80. The van der Waals surface area contributed by atoms with Gasteiger partial charge in [0.05, 0.1) is 25.4 Å². The molecule has 1 aromatic rings. The van der Waals surface area contributed by atoms with Crippen molar-refractivity contribution in [2.45, 2.75) is 51.7 Å². The molecule has 0 bridgehead atoms. The third-order valence-electron chi connectivity index (χ3n) is 4.02. The molecule has 1 aliphatic rings. The summed E-state index contributed by atoms with van der Waals surface area (Å²) in [5, 5.41) is 11.1. The van der Waals surface area contributed by atoms with E-state index >= 15 is 0 Å². The monoisotopic (exact) mass is 264 g/mol. The van der Waals surface area contributed by atoms with Gasteiger partial charge in [-0.25, -0.2) is 0 Å². The van der Waals surface area contributed by atoms with E-state index in [1.165, 1.54) is 0 Å². The molecule has 3 nitrogen and oxygen atoms in total. The van der Waals surface area contributed by atoms with Gasteiger partial charge >= 0.3 is 0 Å². The Bertz CT molecular complexity index is 456. The van der Waals surface area contributed by atoms with E-state index in [0.29, 0.717) is 19.4 Å². The number of benzene rings is 1. The molecule has 1 fully saturated rings. The van der Waals surface area contributed by atoms with Crippen LogP contribution in [0, 0.1) is 13.8 Å². The highest BCUT2D eigenvalue weighted by molar-refractivity contribution is 5.46. The SMILES string of the molecule is CCC1CC(O)(c2c(C)cc(C)cc2OC)CCO1. The Kier molecular flexibility index (Phi) is 4.16. The van der Waals surface area contributed by atoms with Crippen molar-refractivity contribution < 1.29 is 14.6 Å². The minimum atomic E-state index is -0.831. The number of ether oxygens (including phenoxy) is 2. The average molecular weight is 264 g/mol. The van der Waals surface area contributed by atoms with Crippen molar-refractivity contribution in [2.75, 3.05) is 13.7 Å². The van der Waals surface area contributed by atoms with Crippen LogP contribution in [0.3, 0.4) is 0 Å². The number of aryl methyl sites for hydroxylation is 2. The molecule has 1 saturated heterocycles. The summed E-state index contributed by atoms with van der Waals surface area (Å²) < 4.78 is 11.2. The third kappa shape index (κ3) is 2.77. The molecule has 106 valence electrons.